The van der Waals surface area contributed by atoms with Crippen LogP contribution in [0.3, 0.4) is 0 Å². The molecule has 6 nitrogen and oxygen atoms in total. The van der Waals surface area contributed by atoms with Crippen molar-refractivity contribution in [2.75, 3.05) is 0 Å². The number of fused-ring (bicyclic) bond motifs is 1. The number of oxazole rings is 1. The van der Waals surface area contributed by atoms with Gasteiger partial charge in [-0.15, -0.1) is 0 Å². The van der Waals surface area contributed by atoms with Crippen molar-refractivity contribution in [2.45, 2.75) is 23.3 Å². The second-order valence-corrected chi connectivity index (χ2v) is 4.98. The van der Waals surface area contributed by atoms with Crippen LogP contribution in [0.15, 0.2) is 33.9 Å². The van der Waals surface area contributed by atoms with E-state index in [4.69, 9.17) is 14.6 Å². The van der Waals surface area contributed by atoms with E-state index in [0.29, 0.717) is 11.1 Å². The van der Waals surface area contributed by atoms with Gasteiger partial charge in [0.05, 0.1) is 0 Å². The maximum Gasteiger partial charge on any atom is 0.317 e. The molecule has 1 heterocycles. The first-order chi connectivity index (χ1) is 9.06. The van der Waals surface area contributed by atoms with Gasteiger partial charge in [-0.1, -0.05) is 23.9 Å². The molecule has 7 heteroatoms. The lowest BCUT2D eigenvalue weighted by molar-refractivity contribution is -0.138. The molecule has 0 radical (unpaired) electrons. The van der Waals surface area contributed by atoms with Crippen molar-refractivity contribution in [3.05, 3.63) is 24.3 Å². The fourth-order valence-corrected chi connectivity index (χ4v) is 2.38. The third-order valence-electron chi connectivity index (χ3n) is 2.41. The summed E-state index contributed by atoms with van der Waals surface area (Å²) in [6.07, 6.45) is -0.182. The van der Waals surface area contributed by atoms with Gasteiger partial charge in [0, 0.05) is 6.42 Å². The number of hydrogen-bond acceptors (Lipinski definition) is 5. The number of benzene rings is 1. The van der Waals surface area contributed by atoms with Gasteiger partial charge in [-0.25, -0.2) is 4.98 Å². The van der Waals surface area contributed by atoms with E-state index in [2.05, 4.69) is 4.98 Å². The Bertz CT molecular complexity index is 576. The van der Waals surface area contributed by atoms with Gasteiger partial charge in [0.2, 0.25) is 0 Å². The first-order valence-electron chi connectivity index (χ1n) is 5.53. The molecule has 19 heavy (non-hydrogen) atoms. The number of rotatable bonds is 6. The molecule has 1 aromatic heterocycles. The monoisotopic (exact) mass is 281 g/mol. The van der Waals surface area contributed by atoms with Crippen molar-refractivity contribution >= 4 is 34.8 Å². The lowest BCUT2D eigenvalue weighted by Crippen LogP contribution is -2.17. The Morgan fingerprint density at radius 1 is 1.32 bits per heavy atom. The predicted molar refractivity (Wildman–Crippen MR) is 68.2 cm³/mol. The number of carbonyl (C=O) groups is 2. The van der Waals surface area contributed by atoms with Gasteiger partial charge in [0.15, 0.2) is 5.58 Å². The zero-order valence-corrected chi connectivity index (χ0v) is 10.6. The molecule has 0 aliphatic rings. The van der Waals surface area contributed by atoms with Gasteiger partial charge in [-0.2, -0.15) is 0 Å². The van der Waals surface area contributed by atoms with E-state index in [1.807, 2.05) is 0 Å². The molecule has 100 valence electrons. The highest BCUT2D eigenvalue weighted by molar-refractivity contribution is 8.00. The lowest BCUT2D eigenvalue weighted by Gasteiger charge is -2.07. The molecule has 0 amide bonds. The highest BCUT2D eigenvalue weighted by atomic mass is 32.2. The van der Waals surface area contributed by atoms with Crippen LogP contribution in [-0.2, 0) is 9.59 Å². The normalized spacial score (nSPS) is 12.4. The first kappa shape index (κ1) is 13.4. The number of carboxylic acid groups (broad SMARTS) is 2. The molecule has 0 saturated carbocycles. The summed E-state index contributed by atoms with van der Waals surface area (Å²) in [6.45, 7) is 0. The van der Waals surface area contributed by atoms with Crippen molar-refractivity contribution in [1.82, 2.24) is 4.98 Å². The van der Waals surface area contributed by atoms with Crippen LogP contribution in [0.4, 0.5) is 0 Å². The van der Waals surface area contributed by atoms with Crippen LogP contribution in [0, 0.1) is 0 Å². The fourth-order valence-electron chi connectivity index (χ4n) is 1.51. The maximum atomic E-state index is 11.0. The Balaban J connectivity index is 2.11. The second-order valence-electron chi connectivity index (χ2n) is 3.82. The molecule has 0 bridgehead atoms. The highest BCUT2D eigenvalue weighted by Gasteiger charge is 2.22. The van der Waals surface area contributed by atoms with E-state index in [-0.39, 0.29) is 18.1 Å². The summed E-state index contributed by atoms with van der Waals surface area (Å²) < 4.78 is 5.40. The topological polar surface area (TPSA) is 101 Å². The predicted octanol–water partition coefficient (Wildman–Crippen LogP) is 2.24. The average Bonchev–Trinajstić information content (AvgIpc) is 2.76. The number of nitrogens with zero attached hydrogens (tertiary/aromatic N) is 1. The number of aliphatic carboxylic acids is 2. The molecule has 2 N–H and O–H groups in total. The number of carboxylic acids is 2. The minimum absolute atomic E-state index is 0.0219. The van der Waals surface area contributed by atoms with Crippen LogP contribution in [0.2, 0.25) is 0 Å². The third kappa shape index (κ3) is 3.47. The molecule has 2 rings (SSSR count). The van der Waals surface area contributed by atoms with Crippen LogP contribution in [-0.4, -0.2) is 32.4 Å². The molecule has 1 unspecified atom stereocenters. The molecule has 1 aromatic carbocycles. The van der Waals surface area contributed by atoms with Crippen molar-refractivity contribution in [1.29, 1.82) is 0 Å². The van der Waals surface area contributed by atoms with E-state index in [1.165, 1.54) is 0 Å². The summed E-state index contributed by atoms with van der Waals surface area (Å²) in [5.74, 6) is -2.10. The molecule has 1 atom stereocenters. The van der Waals surface area contributed by atoms with Crippen molar-refractivity contribution in [3.63, 3.8) is 0 Å². The third-order valence-corrected chi connectivity index (χ3v) is 3.51. The quantitative estimate of drug-likeness (QED) is 0.783. The van der Waals surface area contributed by atoms with Crippen LogP contribution in [0.5, 0.6) is 0 Å². The number of aromatic nitrogens is 1. The van der Waals surface area contributed by atoms with E-state index in [0.717, 1.165) is 11.8 Å². The van der Waals surface area contributed by atoms with Crippen molar-refractivity contribution in [3.8, 4) is 0 Å². The van der Waals surface area contributed by atoms with Gasteiger partial charge < -0.3 is 14.6 Å². The Morgan fingerprint density at radius 2 is 2.05 bits per heavy atom. The molecule has 0 saturated heterocycles. The summed E-state index contributed by atoms with van der Waals surface area (Å²) in [4.78, 5) is 25.7. The Hall–Kier alpha value is -2.02. The summed E-state index contributed by atoms with van der Waals surface area (Å²) >= 11 is 0.924. The maximum absolute atomic E-state index is 11.0. The van der Waals surface area contributed by atoms with E-state index in [9.17, 15) is 9.59 Å². The Kier molecular flexibility index (Phi) is 4.06. The summed E-state index contributed by atoms with van der Waals surface area (Å²) in [6, 6.07) is 7.09. The molecule has 0 aliphatic carbocycles. The Labute approximate surface area is 112 Å². The molecular formula is C12H11NO5S. The fraction of sp³-hybridized carbons (Fsp3) is 0.250. The van der Waals surface area contributed by atoms with Gasteiger partial charge >= 0.3 is 11.9 Å². The smallest absolute Gasteiger partial charge is 0.317 e. The van der Waals surface area contributed by atoms with Gasteiger partial charge in [0.1, 0.15) is 10.8 Å². The zero-order valence-electron chi connectivity index (χ0n) is 9.78. The van der Waals surface area contributed by atoms with Gasteiger partial charge in [0.25, 0.3) is 5.22 Å². The molecule has 0 fully saturated rings. The number of para-hydroxylation sites is 2. The van der Waals surface area contributed by atoms with Crippen LogP contribution < -0.4 is 0 Å². The molecular weight excluding hydrogens is 270 g/mol. The van der Waals surface area contributed by atoms with Crippen LogP contribution in [0.25, 0.3) is 11.1 Å². The SMILES string of the molecule is O=C(O)CCC(Sc1nc2ccccc2o1)C(=O)O. The second kappa shape index (κ2) is 5.75. The summed E-state index contributed by atoms with van der Waals surface area (Å²) in [5, 5.41) is 17.0. The highest BCUT2D eigenvalue weighted by Crippen LogP contribution is 2.28. The standard InChI is InChI=1S/C12H11NO5S/c14-10(15)6-5-9(11(16)17)19-12-13-7-3-1-2-4-8(7)18-12/h1-4,9H,5-6H2,(H,14,15)(H,16,17). The largest absolute Gasteiger partial charge is 0.481 e. The van der Waals surface area contributed by atoms with Crippen molar-refractivity contribution < 1.29 is 24.2 Å². The van der Waals surface area contributed by atoms with E-state index >= 15 is 0 Å². The minimum atomic E-state index is -1.08. The van der Waals surface area contributed by atoms with Gasteiger partial charge in [-0.3, -0.25) is 9.59 Å². The molecule has 0 aliphatic heterocycles. The van der Waals surface area contributed by atoms with E-state index < -0.39 is 17.2 Å². The zero-order chi connectivity index (χ0) is 13.8. The van der Waals surface area contributed by atoms with E-state index in [1.54, 1.807) is 24.3 Å². The molecule has 2 aromatic rings. The Morgan fingerprint density at radius 3 is 2.68 bits per heavy atom. The summed E-state index contributed by atoms with van der Waals surface area (Å²) in [7, 11) is 0. The molecule has 0 spiro atoms. The van der Waals surface area contributed by atoms with Gasteiger partial charge in [-0.05, 0) is 18.6 Å². The summed E-state index contributed by atoms with van der Waals surface area (Å²) in [5.41, 5.74) is 1.22. The minimum Gasteiger partial charge on any atom is -0.481 e. The average molecular weight is 281 g/mol. The van der Waals surface area contributed by atoms with Crippen molar-refractivity contribution in [2.24, 2.45) is 0 Å². The number of thioether (sulfide) groups is 1. The number of hydrogen-bond donors (Lipinski definition) is 2. The van der Waals surface area contributed by atoms with Crippen LogP contribution >= 0.6 is 11.8 Å². The van der Waals surface area contributed by atoms with Crippen LogP contribution in [0.1, 0.15) is 12.8 Å². The lowest BCUT2D eigenvalue weighted by atomic mass is 10.2. The first-order valence-corrected chi connectivity index (χ1v) is 6.41.